The standard InChI is InChI=1S/C19H18Cl2N2O2S2/c1-12-3-2-4-13(5-12)9-26-19-22-17-10-27(24,25)11-18(17)23(19)16-7-14(20)6-15(21)8-16/h2-8,17-18H,9-11H2,1H3. The second-order valence-electron chi connectivity index (χ2n) is 6.90. The number of halogens is 2. The van der Waals surface area contributed by atoms with Gasteiger partial charge < -0.3 is 4.90 Å². The Morgan fingerprint density at radius 1 is 1.15 bits per heavy atom. The first-order valence-electron chi connectivity index (χ1n) is 8.53. The summed E-state index contributed by atoms with van der Waals surface area (Å²) in [6.45, 7) is 2.07. The van der Waals surface area contributed by atoms with Crippen molar-refractivity contribution in [1.29, 1.82) is 0 Å². The van der Waals surface area contributed by atoms with Gasteiger partial charge in [0.2, 0.25) is 0 Å². The molecule has 2 heterocycles. The van der Waals surface area contributed by atoms with Crippen molar-refractivity contribution in [1.82, 2.24) is 0 Å². The van der Waals surface area contributed by atoms with Gasteiger partial charge in [0.15, 0.2) is 15.0 Å². The summed E-state index contributed by atoms with van der Waals surface area (Å²) in [7, 11) is -3.09. The van der Waals surface area contributed by atoms with Crippen molar-refractivity contribution in [2.75, 3.05) is 16.4 Å². The summed E-state index contributed by atoms with van der Waals surface area (Å²) < 4.78 is 24.2. The van der Waals surface area contributed by atoms with E-state index in [2.05, 4.69) is 25.1 Å². The smallest absolute Gasteiger partial charge is 0.164 e. The minimum atomic E-state index is -3.09. The Labute approximate surface area is 173 Å². The first kappa shape index (κ1) is 19.1. The van der Waals surface area contributed by atoms with Gasteiger partial charge in [-0.3, -0.25) is 4.99 Å². The van der Waals surface area contributed by atoms with Crippen molar-refractivity contribution in [2.45, 2.75) is 24.8 Å². The number of hydrogen-bond donors (Lipinski definition) is 0. The van der Waals surface area contributed by atoms with E-state index in [0.717, 1.165) is 16.6 Å². The lowest BCUT2D eigenvalue weighted by atomic mass is 10.1. The molecule has 2 aromatic carbocycles. The number of anilines is 1. The lowest BCUT2D eigenvalue weighted by molar-refractivity contribution is 0.601. The lowest BCUT2D eigenvalue weighted by Crippen LogP contribution is -2.39. The van der Waals surface area contributed by atoms with E-state index in [9.17, 15) is 8.42 Å². The van der Waals surface area contributed by atoms with E-state index in [4.69, 9.17) is 28.2 Å². The number of nitrogens with zero attached hydrogens (tertiary/aromatic N) is 2. The van der Waals surface area contributed by atoms with Gasteiger partial charge in [0.05, 0.1) is 23.6 Å². The Bertz CT molecular complexity index is 1000. The third kappa shape index (κ3) is 4.14. The summed E-state index contributed by atoms with van der Waals surface area (Å²) in [4.78, 5) is 6.73. The monoisotopic (exact) mass is 440 g/mol. The highest BCUT2D eigenvalue weighted by Crippen LogP contribution is 2.37. The van der Waals surface area contributed by atoms with Gasteiger partial charge in [-0.2, -0.15) is 0 Å². The van der Waals surface area contributed by atoms with Crippen molar-refractivity contribution in [3.05, 3.63) is 63.6 Å². The van der Waals surface area contributed by atoms with Crippen LogP contribution in [0.4, 0.5) is 5.69 Å². The number of hydrogen-bond acceptors (Lipinski definition) is 5. The molecule has 0 radical (unpaired) electrons. The molecule has 2 aromatic rings. The van der Waals surface area contributed by atoms with Crippen LogP contribution >= 0.6 is 35.0 Å². The molecule has 0 bridgehead atoms. The van der Waals surface area contributed by atoms with Gasteiger partial charge in [-0.05, 0) is 30.7 Å². The molecule has 142 valence electrons. The fraction of sp³-hybridized carbons (Fsp3) is 0.316. The van der Waals surface area contributed by atoms with Gasteiger partial charge in [-0.1, -0.05) is 64.8 Å². The number of benzene rings is 2. The Morgan fingerprint density at radius 2 is 1.89 bits per heavy atom. The molecule has 4 rings (SSSR count). The quantitative estimate of drug-likeness (QED) is 0.700. The van der Waals surface area contributed by atoms with Crippen LogP contribution in [0.5, 0.6) is 0 Å². The molecule has 0 spiro atoms. The molecule has 0 amide bonds. The van der Waals surface area contributed by atoms with Gasteiger partial charge >= 0.3 is 0 Å². The third-order valence-corrected chi connectivity index (χ3v) is 7.86. The number of aliphatic imine (C=N–C) groups is 1. The molecule has 1 saturated heterocycles. The Balaban J connectivity index is 1.65. The fourth-order valence-corrected chi connectivity index (χ4v) is 6.99. The number of sulfone groups is 1. The number of fused-ring (bicyclic) bond motifs is 1. The zero-order chi connectivity index (χ0) is 19.2. The van der Waals surface area contributed by atoms with E-state index in [0.29, 0.717) is 10.0 Å². The summed E-state index contributed by atoms with van der Waals surface area (Å²) in [5.41, 5.74) is 3.20. The van der Waals surface area contributed by atoms with E-state index in [-0.39, 0.29) is 23.6 Å². The average Bonchev–Trinajstić information content (AvgIpc) is 3.03. The minimum absolute atomic E-state index is 0.0942. The highest BCUT2D eigenvalue weighted by atomic mass is 35.5. The van der Waals surface area contributed by atoms with Crippen molar-refractivity contribution in [2.24, 2.45) is 4.99 Å². The van der Waals surface area contributed by atoms with Crippen LogP contribution < -0.4 is 4.90 Å². The first-order valence-corrected chi connectivity index (χ1v) is 12.1. The molecule has 8 heteroatoms. The lowest BCUT2D eigenvalue weighted by Gasteiger charge is -2.27. The van der Waals surface area contributed by atoms with Gasteiger partial charge in [-0.15, -0.1) is 0 Å². The van der Waals surface area contributed by atoms with E-state index in [1.807, 2.05) is 23.1 Å². The van der Waals surface area contributed by atoms with Gasteiger partial charge in [-0.25, -0.2) is 8.42 Å². The summed E-state index contributed by atoms with van der Waals surface area (Å²) in [5, 5.41) is 1.86. The Hall–Kier alpha value is -1.21. The Kier molecular flexibility index (Phi) is 5.18. The molecule has 27 heavy (non-hydrogen) atoms. The Morgan fingerprint density at radius 3 is 2.59 bits per heavy atom. The second-order valence-corrected chi connectivity index (χ2v) is 10.9. The number of amidine groups is 1. The zero-order valence-electron chi connectivity index (χ0n) is 14.6. The van der Waals surface area contributed by atoms with Gasteiger partial charge in [0, 0.05) is 21.5 Å². The van der Waals surface area contributed by atoms with Crippen LogP contribution in [0, 0.1) is 6.92 Å². The molecule has 0 aliphatic carbocycles. The minimum Gasteiger partial charge on any atom is -0.315 e. The van der Waals surface area contributed by atoms with Crippen LogP contribution in [0.2, 0.25) is 10.0 Å². The van der Waals surface area contributed by atoms with Crippen molar-refractivity contribution in [3.63, 3.8) is 0 Å². The molecule has 0 N–H and O–H groups in total. The summed E-state index contributed by atoms with van der Waals surface area (Å²) in [5.74, 6) is 0.953. The molecule has 2 aliphatic rings. The van der Waals surface area contributed by atoms with Gasteiger partial charge in [0.25, 0.3) is 0 Å². The molecule has 1 fully saturated rings. The topological polar surface area (TPSA) is 49.7 Å². The van der Waals surface area contributed by atoms with E-state index in [1.54, 1.807) is 17.8 Å². The summed E-state index contributed by atoms with van der Waals surface area (Å²) >= 11 is 14.0. The molecule has 0 aromatic heterocycles. The maximum atomic E-state index is 12.1. The third-order valence-electron chi connectivity index (χ3n) is 4.68. The molecular formula is C19H18Cl2N2O2S2. The van der Waals surface area contributed by atoms with Gasteiger partial charge in [0.1, 0.15) is 0 Å². The molecule has 0 saturated carbocycles. The maximum Gasteiger partial charge on any atom is 0.164 e. The molecule has 4 nitrogen and oxygen atoms in total. The van der Waals surface area contributed by atoms with Crippen LogP contribution in [0.25, 0.3) is 0 Å². The van der Waals surface area contributed by atoms with Crippen molar-refractivity contribution < 1.29 is 8.42 Å². The predicted octanol–water partition coefficient (Wildman–Crippen LogP) is 4.58. The number of aryl methyl sites for hydroxylation is 1. The maximum absolute atomic E-state index is 12.1. The van der Waals surface area contributed by atoms with Crippen LogP contribution in [-0.2, 0) is 15.6 Å². The van der Waals surface area contributed by atoms with E-state index >= 15 is 0 Å². The molecular weight excluding hydrogens is 423 g/mol. The number of rotatable bonds is 3. The highest BCUT2D eigenvalue weighted by Gasteiger charge is 2.47. The fourth-order valence-electron chi connectivity index (χ4n) is 3.56. The van der Waals surface area contributed by atoms with Crippen LogP contribution in [0.3, 0.4) is 0 Å². The summed E-state index contributed by atoms with van der Waals surface area (Å²) in [6.07, 6.45) is 0. The number of thioether (sulfide) groups is 1. The average molecular weight is 441 g/mol. The summed E-state index contributed by atoms with van der Waals surface area (Å²) in [6, 6.07) is 13.2. The largest absolute Gasteiger partial charge is 0.315 e. The predicted molar refractivity (Wildman–Crippen MR) is 115 cm³/mol. The van der Waals surface area contributed by atoms with Crippen LogP contribution in [0.1, 0.15) is 11.1 Å². The van der Waals surface area contributed by atoms with E-state index < -0.39 is 9.84 Å². The van der Waals surface area contributed by atoms with Crippen molar-refractivity contribution in [3.8, 4) is 0 Å². The molecule has 2 atom stereocenters. The van der Waals surface area contributed by atoms with E-state index in [1.165, 1.54) is 11.1 Å². The molecule has 2 unspecified atom stereocenters. The van der Waals surface area contributed by atoms with Crippen LogP contribution in [0.15, 0.2) is 47.5 Å². The molecule has 2 aliphatic heterocycles. The first-order chi connectivity index (χ1) is 12.8. The van der Waals surface area contributed by atoms with Crippen molar-refractivity contribution >= 4 is 55.7 Å². The normalized spacial score (nSPS) is 23.4. The highest BCUT2D eigenvalue weighted by molar-refractivity contribution is 8.13. The SMILES string of the molecule is Cc1cccc(CSC2=NC3CS(=O)(=O)CC3N2c2cc(Cl)cc(Cl)c2)c1. The van der Waals surface area contributed by atoms with Crippen LogP contribution in [-0.4, -0.2) is 37.2 Å². The second kappa shape index (κ2) is 7.32. The zero-order valence-corrected chi connectivity index (χ0v) is 17.7.